The Morgan fingerprint density at radius 2 is 2.11 bits per heavy atom. The summed E-state index contributed by atoms with van der Waals surface area (Å²) < 4.78 is 10.8. The molecule has 1 rings (SSSR count). The predicted molar refractivity (Wildman–Crippen MR) is 66.8 cm³/mol. The Bertz CT molecular complexity index is 396. The second-order valence-electron chi connectivity index (χ2n) is 4.46. The number of nitriles is 1. The highest BCUT2D eigenvalue weighted by Crippen LogP contribution is 2.31. The van der Waals surface area contributed by atoms with Crippen LogP contribution in [0.2, 0.25) is 0 Å². The fourth-order valence-electron chi connectivity index (χ4n) is 1.97. The molecule has 1 aromatic rings. The number of aromatic nitrogens is 2. The molecule has 0 fully saturated rings. The zero-order chi connectivity index (χ0) is 13.6. The van der Waals surface area contributed by atoms with Crippen LogP contribution >= 0.6 is 0 Å². The first kappa shape index (κ1) is 14.7. The molecule has 100 valence electrons. The molecule has 0 aromatic carbocycles. The highest BCUT2D eigenvalue weighted by Gasteiger charge is 2.34. The van der Waals surface area contributed by atoms with Crippen LogP contribution in [0.3, 0.4) is 0 Å². The van der Waals surface area contributed by atoms with Gasteiger partial charge in [0.05, 0.1) is 6.07 Å². The van der Waals surface area contributed by atoms with Crippen LogP contribution in [0.15, 0.2) is 4.52 Å². The molecule has 0 aliphatic rings. The first-order valence-corrected chi connectivity index (χ1v) is 6.39. The van der Waals surface area contributed by atoms with Crippen molar-refractivity contribution < 1.29 is 9.26 Å². The summed E-state index contributed by atoms with van der Waals surface area (Å²) in [4.78, 5) is 4.44. The normalized spacial score (nSPS) is 13.3. The van der Waals surface area contributed by atoms with E-state index >= 15 is 0 Å². The van der Waals surface area contributed by atoms with Crippen LogP contribution in [0.25, 0.3) is 0 Å². The third-order valence-electron chi connectivity index (χ3n) is 3.49. The van der Waals surface area contributed by atoms with E-state index in [1.54, 1.807) is 7.11 Å². The Kier molecular flexibility index (Phi) is 5.29. The van der Waals surface area contributed by atoms with Crippen molar-refractivity contribution in [2.75, 3.05) is 7.11 Å². The Hall–Kier alpha value is -1.41. The molecule has 0 spiro atoms. The van der Waals surface area contributed by atoms with Crippen LogP contribution in [0, 0.1) is 11.3 Å². The molecule has 0 saturated carbocycles. The molecular weight excluding hydrogens is 230 g/mol. The van der Waals surface area contributed by atoms with Crippen molar-refractivity contribution in [3.05, 3.63) is 11.7 Å². The topological polar surface area (TPSA) is 71.9 Å². The molecule has 0 aliphatic carbocycles. The summed E-state index contributed by atoms with van der Waals surface area (Å²) in [6.45, 7) is 6.07. The molecule has 0 N–H and O–H groups in total. The van der Waals surface area contributed by atoms with Gasteiger partial charge in [0.25, 0.3) is 0 Å². The summed E-state index contributed by atoms with van der Waals surface area (Å²) in [6, 6.07) is 2.12. The van der Waals surface area contributed by atoms with E-state index in [0.29, 0.717) is 18.1 Å². The van der Waals surface area contributed by atoms with E-state index in [1.807, 2.05) is 20.8 Å². The Morgan fingerprint density at radius 3 is 2.61 bits per heavy atom. The van der Waals surface area contributed by atoms with E-state index in [0.717, 1.165) is 19.3 Å². The summed E-state index contributed by atoms with van der Waals surface area (Å²) in [6.07, 6.45) is 2.82. The largest absolute Gasteiger partial charge is 0.370 e. The van der Waals surface area contributed by atoms with Gasteiger partial charge >= 0.3 is 0 Å². The van der Waals surface area contributed by atoms with Crippen LogP contribution in [-0.4, -0.2) is 17.3 Å². The summed E-state index contributed by atoms with van der Waals surface area (Å²) in [5, 5.41) is 12.6. The Labute approximate surface area is 108 Å². The number of methoxy groups -OCH3 is 1. The van der Waals surface area contributed by atoms with Crippen LogP contribution < -0.4 is 0 Å². The smallest absolute Gasteiger partial charge is 0.229 e. The van der Waals surface area contributed by atoms with E-state index < -0.39 is 5.60 Å². The summed E-state index contributed by atoms with van der Waals surface area (Å²) in [7, 11) is 1.67. The third kappa shape index (κ3) is 2.88. The predicted octanol–water partition coefficient (Wildman–Crippen LogP) is 3.14. The van der Waals surface area contributed by atoms with Crippen molar-refractivity contribution in [3.63, 3.8) is 0 Å². The van der Waals surface area contributed by atoms with Gasteiger partial charge in [0, 0.05) is 19.4 Å². The maximum Gasteiger partial charge on any atom is 0.229 e. The quantitative estimate of drug-likeness (QED) is 0.744. The Balaban J connectivity index is 2.88. The average molecular weight is 251 g/mol. The molecule has 0 saturated heterocycles. The number of hydrogen-bond acceptors (Lipinski definition) is 5. The molecule has 18 heavy (non-hydrogen) atoms. The number of rotatable bonds is 7. The maximum atomic E-state index is 8.57. The van der Waals surface area contributed by atoms with Crippen molar-refractivity contribution in [2.24, 2.45) is 0 Å². The van der Waals surface area contributed by atoms with E-state index in [-0.39, 0.29) is 5.92 Å². The van der Waals surface area contributed by atoms with E-state index in [2.05, 4.69) is 16.2 Å². The summed E-state index contributed by atoms with van der Waals surface area (Å²) >= 11 is 0. The molecule has 0 amide bonds. The molecule has 0 aliphatic heterocycles. The van der Waals surface area contributed by atoms with Crippen LogP contribution in [0.1, 0.15) is 64.1 Å². The molecular formula is C13H21N3O2. The van der Waals surface area contributed by atoms with Gasteiger partial charge in [-0.1, -0.05) is 25.9 Å². The maximum absolute atomic E-state index is 8.57. The Morgan fingerprint density at radius 1 is 1.44 bits per heavy atom. The molecule has 1 aromatic heterocycles. The van der Waals surface area contributed by atoms with Crippen molar-refractivity contribution in [1.82, 2.24) is 10.1 Å². The second kappa shape index (κ2) is 6.50. The fraction of sp³-hybridized carbons (Fsp3) is 0.769. The minimum atomic E-state index is -0.462. The number of hydrogen-bond donors (Lipinski definition) is 0. The van der Waals surface area contributed by atoms with Gasteiger partial charge in [-0.2, -0.15) is 10.2 Å². The number of nitrogens with zero attached hydrogens (tertiary/aromatic N) is 3. The van der Waals surface area contributed by atoms with Gasteiger partial charge in [-0.3, -0.25) is 0 Å². The molecule has 1 atom stereocenters. The van der Waals surface area contributed by atoms with E-state index in [1.165, 1.54) is 0 Å². The third-order valence-corrected chi connectivity index (χ3v) is 3.49. The molecule has 0 bridgehead atoms. The lowest BCUT2D eigenvalue weighted by atomic mass is 9.96. The van der Waals surface area contributed by atoms with Gasteiger partial charge in [-0.25, -0.2) is 0 Å². The molecule has 1 unspecified atom stereocenters. The second-order valence-corrected chi connectivity index (χ2v) is 4.46. The summed E-state index contributed by atoms with van der Waals surface area (Å²) in [5.74, 6) is 1.30. The van der Waals surface area contributed by atoms with Crippen molar-refractivity contribution in [3.8, 4) is 6.07 Å². The van der Waals surface area contributed by atoms with Gasteiger partial charge in [0.15, 0.2) is 0 Å². The number of ether oxygens (including phenoxy) is 1. The first-order chi connectivity index (χ1) is 8.63. The van der Waals surface area contributed by atoms with Crippen molar-refractivity contribution in [2.45, 2.75) is 58.0 Å². The molecule has 0 radical (unpaired) electrons. The minimum absolute atomic E-state index is 0.106. The van der Waals surface area contributed by atoms with Gasteiger partial charge < -0.3 is 9.26 Å². The zero-order valence-corrected chi connectivity index (χ0v) is 11.6. The van der Waals surface area contributed by atoms with Crippen LogP contribution in [-0.2, 0) is 10.3 Å². The average Bonchev–Trinajstić information content (AvgIpc) is 2.89. The van der Waals surface area contributed by atoms with E-state index in [4.69, 9.17) is 14.5 Å². The van der Waals surface area contributed by atoms with Gasteiger partial charge in [0.2, 0.25) is 11.7 Å². The molecule has 5 nitrogen and oxygen atoms in total. The summed E-state index contributed by atoms with van der Waals surface area (Å²) in [5.41, 5.74) is -0.462. The van der Waals surface area contributed by atoms with Gasteiger partial charge in [-0.05, 0) is 19.3 Å². The fourth-order valence-corrected chi connectivity index (χ4v) is 1.97. The van der Waals surface area contributed by atoms with E-state index in [9.17, 15) is 0 Å². The van der Waals surface area contributed by atoms with Gasteiger partial charge in [-0.15, -0.1) is 0 Å². The van der Waals surface area contributed by atoms with Crippen LogP contribution in [0.5, 0.6) is 0 Å². The molecule has 1 heterocycles. The van der Waals surface area contributed by atoms with Crippen LogP contribution in [0.4, 0.5) is 0 Å². The molecule has 5 heteroatoms. The van der Waals surface area contributed by atoms with Gasteiger partial charge in [0.1, 0.15) is 5.60 Å². The highest BCUT2D eigenvalue weighted by molar-refractivity contribution is 5.03. The first-order valence-electron chi connectivity index (χ1n) is 6.39. The lowest BCUT2D eigenvalue weighted by Crippen LogP contribution is -2.28. The van der Waals surface area contributed by atoms with Crippen molar-refractivity contribution in [1.29, 1.82) is 5.26 Å². The lowest BCUT2D eigenvalue weighted by molar-refractivity contribution is -0.0306. The zero-order valence-electron chi connectivity index (χ0n) is 11.6. The lowest BCUT2D eigenvalue weighted by Gasteiger charge is -2.25. The highest BCUT2D eigenvalue weighted by atomic mass is 16.5. The minimum Gasteiger partial charge on any atom is -0.370 e. The monoisotopic (exact) mass is 251 g/mol. The van der Waals surface area contributed by atoms with Crippen molar-refractivity contribution >= 4 is 0 Å². The standard InChI is InChI=1S/C13H21N3O2/c1-5-13(6-2,17-4)12-15-11(18-16-12)10(3)8-7-9-14/h10H,5-8H2,1-4H3. The SMILES string of the molecule is CCC(CC)(OC)c1noc(C(C)CCC#N)n1.